The summed E-state index contributed by atoms with van der Waals surface area (Å²) in [5.74, 6) is -0.735. The molecule has 3 amide bonds. The van der Waals surface area contributed by atoms with E-state index in [4.69, 9.17) is 0 Å². The van der Waals surface area contributed by atoms with E-state index in [-0.39, 0.29) is 36.1 Å². The molecule has 1 aromatic carbocycles. The van der Waals surface area contributed by atoms with Crippen LogP contribution in [0.2, 0.25) is 0 Å². The van der Waals surface area contributed by atoms with Crippen LogP contribution in [-0.4, -0.2) is 67.1 Å². The van der Waals surface area contributed by atoms with Crippen LogP contribution in [0.1, 0.15) is 80.5 Å². The van der Waals surface area contributed by atoms with Crippen molar-refractivity contribution in [3.63, 3.8) is 0 Å². The molecule has 11 heteroatoms. The normalized spacial score (nSPS) is 16.7. The molecule has 2 heterocycles. The zero-order valence-electron chi connectivity index (χ0n) is 28.0. The van der Waals surface area contributed by atoms with Crippen LogP contribution in [0.3, 0.4) is 0 Å². The van der Waals surface area contributed by atoms with Gasteiger partial charge >= 0.3 is 0 Å². The topological polar surface area (TPSA) is 169 Å². The number of aromatic amines is 1. The summed E-state index contributed by atoms with van der Waals surface area (Å²) in [7, 11) is 0. The van der Waals surface area contributed by atoms with E-state index >= 15 is 0 Å². The van der Waals surface area contributed by atoms with E-state index in [0.29, 0.717) is 30.0 Å². The number of hydrogen-bond donors (Lipinski definition) is 6. The number of hydrogen-bond acceptors (Lipinski definition) is 7. The average molecular weight is 659 g/mol. The maximum absolute atomic E-state index is 14.1. The minimum Gasteiger partial charge on any atom is -0.508 e. The van der Waals surface area contributed by atoms with Crippen LogP contribution >= 0.6 is 0 Å². The molecule has 1 saturated carbocycles. The van der Waals surface area contributed by atoms with Gasteiger partial charge in [0.15, 0.2) is 0 Å². The molecule has 3 aromatic rings. The van der Waals surface area contributed by atoms with E-state index in [1.54, 1.807) is 36.5 Å². The van der Waals surface area contributed by atoms with Gasteiger partial charge in [0.1, 0.15) is 23.5 Å². The van der Waals surface area contributed by atoms with E-state index in [9.17, 15) is 24.6 Å². The molecular formula is C37H50N6O5. The third-order valence-corrected chi connectivity index (χ3v) is 9.27. The lowest BCUT2D eigenvalue weighted by Crippen LogP contribution is -2.57. The number of rotatable bonds is 17. The lowest BCUT2D eigenvalue weighted by atomic mass is 9.81. The third-order valence-electron chi connectivity index (χ3n) is 9.27. The number of imidazole rings is 1. The maximum atomic E-state index is 14.1. The number of aliphatic hydroxyl groups excluding tert-OH is 1. The van der Waals surface area contributed by atoms with Gasteiger partial charge in [-0.3, -0.25) is 19.4 Å². The Labute approximate surface area is 283 Å². The van der Waals surface area contributed by atoms with Crippen LogP contribution in [-0.2, 0) is 22.4 Å². The van der Waals surface area contributed by atoms with E-state index < -0.39 is 42.0 Å². The summed E-state index contributed by atoms with van der Waals surface area (Å²) in [6, 6.07) is 8.64. The van der Waals surface area contributed by atoms with Gasteiger partial charge in [-0.15, -0.1) is 6.58 Å². The number of pyridine rings is 1. The third kappa shape index (κ3) is 11.0. The molecule has 0 radical (unpaired) electrons. The number of phenolic OH excluding ortho intramolecular Hbond substituents is 1. The summed E-state index contributed by atoms with van der Waals surface area (Å²) in [6.07, 6.45) is 12.6. The first kappa shape index (κ1) is 36.3. The zero-order chi connectivity index (χ0) is 34.5. The van der Waals surface area contributed by atoms with Gasteiger partial charge in [-0.05, 0) is 60.4 Å². The van der Waals surface area contributed by atoms with E-state index in [0.717, 1.165) is 25.7 Å². The summed E-state index contributed by atoms with van der Waals surface area (Å²) < 4.78 is 0. The maximum Gasteiger partial charge on any atom is 0.270 e. The number of aliphatic hydroxyl groups is 1. The van der Waals surface area contributed by atoms with Crippen LogP contribution in [0.15, 0.2) is 73.8 Å². The molecule has 1 aliphatic carbocycles. The first-order chi connectivity index (χ1) is 23.1. The Morgan fingerprint density at radius 2 is 1.67 bits per heavy atom. The monoisotopic (exact) mass is 658 g/mol. The van der Waals surface area contributed by atoms with Crippen molar-refractivity contribution >= 4 is 17.7 Å². The van der Waals surface area contributed by atoms with Crippen LogP contribution < -0.4 is 16.0 Å². The van der Waals surface area contributed by atoms with Crippen LogP contribution in [0.4, 0.5) is 0 Å². The Kier molecular flexibility index (Phi) is 13.7. The van der Waals surface area contributed by atoms with Crippen molar-refractivity contribution in [3.8, 4) is 5.75 Å². The first-order valence-corrected chi connectivity index (χ1v) is 17.0. The number of carbonyl (C=O) groups is 3. The van der Waals surface area contributed by atoms with Gasteiger partial charge in [0, 0.05) is 25.2 Å². The molecular weight excluding hydrogens is 608 g/mol. The Balaban J connectivity index is 1.56. The first-order valence-electron chi connectivity index (χ1n) is 17.0. The Hall–Kier alpha value is -4.51. The van der Waals surface area contributed by atoms with Gasteiger partial charge in [-0.25, -0.2) is 4.98 Å². The molecule has 1 fully saturated rings. The molecule has 48 heavy (non-hydrogen) atoms. The second-order valence-electron chi connectivity index (χ2n) is 13.2. The van der Waals surface area contributed by atoms with Crippen LogP contribution in [0, 0.1) is 17.8 Å². The summed E-state index contributed by atoms with van der Waals surface area (Å²) in [5.41, 5.74) is 1.41. The highest BCUT2D eigenvalue weighted by Crippen LogP contribution is 2.30. The van der Waals surface area contributed by atoms with Crippen molar-refractivity contribution in [1.82, 2.24) is 30.9 Å². The van der Waals surface area contributed by atoms with E-state index in [1.807, 2.05) is 6.08 Å². The van der Waals surface area contributed by atoms with Crippen molar-refractivity contribution in [2.75, 3.05) is 0 Å². The summed E-state index contributed by atoms with van der Waals surface area (Å²) >= 11 is 0. The molecule has 258 valence electrons. The van der Waals surface area contributed by atoms with Gasteiger partial charge in [-0.2, -0.15) is 0 Å². The summed E-state index contributed by atoms with van der Waals surface area (Å²) in [5, 5.41) is 30.0. The second kappa shape index (κ2) is 18.1. The minimum absolute atomic E-state index is 0.0748. The van der Waals surface area contributed by atoms with Crippen LogP contribution in [0.5, 0.6) is 5.75 Å². The quantitative estimate of drug-likeness (QED) is 0.118. The number of allylic oxidation sites excluding steroid dienone is 1. The van der Waals surface area contributed by atoms with Crippen molar-refractivity contribution in [2.24, 2.45) is 17.8 Å². The van der Waals surface area contributed by atoms with Gasteiger partial charge < -0.3 is 31.1 Å². The van der Waals surface area contributed by atoms with E-state index in [1.165, 1.54) is 31.1 Å². The number of benzene rings is 1. The number of amides is 3. The molecule has 1 unspecified atom stereocenters. The number of nitrogens with one attached hydrogen (secondary N) is 4. The number of aromatic hydroxyl groups is 1. The predicted octanol–water partition coefficient (Wildman–Crippen LogP) is 4.24. The number of nitrogens with zero attached hydrogens (tertiary/aromatic N) is 2. The van der Waals surface area contributed by atoms with E-state index in [2.05, 4.69) is 51.3 Å². The molecule has 1 aliphatic rings. The fraction of sp³-hybridized carbons (Fsp3) is 0.486. The number of aromatic nitrogens is 3. The van der Waals surface area contributed by atoms with Gasteiger partial charge in [0.2, 0.25) is 11.8 Å². The second-order valence-corrected chi connectivity index (χ2v) is 13.2. The molecule has 4 rings (SSSR count). The molecule has 0 saturated heterocycles. The minimum atomic E-state index is -1.07. The molecule has 5 atom stereocenters. The van der Waals surface area contributed by atoms with Crippen molar-refractivity contribution < 1.29 is 24.6 Å². The number of carbonyl (C=O) groups excluding carboxylic acids is 3. The number of phenols is 1. The molecule has 0 bridgehead atoms. The smallest absolute Gasteiger partial charge is 0.270 e. The molecule has 11 nitrogen and oxygen atoms in total. The molecule has 0 spiro atoms. The highest BCUT2D eigenvalue weighted by Gasteiger charge is 2.33. The Morgan fingerprint density at radius 3 is 2.29 bits per heavy atom. The van der Waals surface area contributed by atoms with Gasteiger partial charge in [-0.1, -0.05) is 70.2 Å². The fourth-order valence-corrected chi connectivity index (χ4v) is 6.36. The van der Waals surface area contributed by atoms with Crippen molar-refractivity contribution in [2.45, 2.75) is 95.9 Å². The van der Waals surface area contributed by atoms with Gasteiger partial charge in [0.25, 0.3) is 5.91 Å². The fourth-order valence-electron chi connectivity index (χ4n) is 6.36. The predicted molar refractivity (Wildman–Crippen MR) is 184 cm³/mol. The standard InChI is InChI=1S/C37H50N6O5/c1-4-27(24(2)3)20-34(45)31(18-25-10-6-5-7-11-25)41-37(48)33(21-28-22-38-23-40-28)43-36(47)32(19-26-13-15-29(44)16-14-26)42-35(46)30-12-8-9-17-39-30/h4,8-9,12-17,22-25,27,31-34,44-45H,1,5-7,10-11,18-21H2,2-3H3,(H,38,40)(H,41,48)(H,42,46)(H,43,47)/t27-,31+,32+,33?,34+/m1/s1. The number of H-pyrrole nitrogens is 1. The summed E-state index contributed by atoms with van der Waals surface area (Å²) in [6.45, 7) is 8.14. The molecule has 0 aliphatic heterocycles. The van der Waals surface area contributed by atoms with Crippen molar-refractivity contribution in [3.05, 3.63) is 90.8 Å². The SMILES string of the molecule is C=C[C@H](C[C@H](O)[C@H](CC1CCCCC1)NC(=O)C(Cc1c[nH]cn1)NC(=O)[C@H](Cc1ccc(O)cc1)NC(=O)c1ccccn1)C(C)C. The highest BCUT2D eigenvalue weighted by atomic mass is 16.3. The van der Waals surface area contributed by atoms with Gasteiger partial charge in [0.05, 0.1) is 24.2 Å². The highest BCUT2D eigenvalue weighted by molar-refractivity contribution is 5.97. The summed E-state index contributed by atoms with van der Waals surface area (Å²) in [4.78, 5) is 52.5. The Bertz CT molecular complexity index is 1440. The lowest BCUT2D eigenvalue weighted by Gasteiger charge is -2.33. The Morgan fingerprint density at radius 1 is 0.958 bits per heavy atom. The average Bonchev–Trinajstić information content (AvgIpc) is 3.61. The zero-order valence-corrected chi connectivity index (χ0v) is 28.0. The molecule has 6 N–H and O–H groups in total. The molecule has 2 aromatic heterocycles. The van der Waals surface area contributed by atoms with Crippen molar-refractivity contribution in [1.29, 1.82) is 0 Å². The largest absolute Gasteiger partial charge is 0.508 e. The van der Waals surface area contributed by atoms with Crippen LogP contribution in [0.25, 0.3) is 0 Å². The lowest BCUT2D eigenvalue weighted by molar-refractivity contribution is -0.131.